The molecule has 5 nitrogen and oxygen atoms in total. The smallest absolute Gasteiger partial charge is 0.355 e. The summed E-state index contributed by atoms with van der Waals surface area (Å²) in [6.07, 6.45) is 1.55. The summed E-state index contributed by atoms with van der Waals surface area (Å²) in [6, 6.07) is 15.7. The second kappa shape index (κ2) is 6.50. The Kier molecular flexibility index (Phi) is 4.24. The molecule has 1 aliphatic heterocycles. The monoisotopic (exact) mass is 321 g/mol. The summed E-state index contributed by atoms with van der Waals surface area (Å²) < 4.78 is 5.07. The van der Waals surface area contributed by atoms with E-state index in [4.69, 9.17) is 4.74 Å². The lowest BCUT2D eigenvalue weighted by Crippen LogP contribution is -2.33. The number of rotatable bonds is 4. The van der Waals surface area contributed by atoms with Crippen molar-refractivity contribution in [1.82, 2.24) is 0 Å². The van der Waals surface area contributed by atoms with Gasteiger partial charge in [-0.25, -0.2) is 4.79 Å². The zero-order chi connectivity index (χ0) is 17.1. The van der Waals surface area contributed by atoms with E-state index in [2.05, 4.69) is 0 Å². The van der Waals surface area contributed by atoms with E-state index in [1.165, 1.54) is 0 Å². The Morgan fingerprint density at radius 1 is 1.04 bits per heavy atom. The third-order valence-corrected chi connectivity index (χ3v) is 3.62. The number of anilines is 1. The van der Waals surface area contributed by atoms with Crippen molar-refractivity contribution in [3.8, 4) is 0 Å². The van der Waals surface area contributed by atoms with E-state index in [0.29, 0.717) is 5.69 Å². The first-order chi connectivity index (χ1) is 11.6. The minimum absolute atomic E-state index is 0.0198. The van der Waals surface area contributed by atoms with Crippen molar-refractivity contribution in [2.45, 2.75) is 6.92 Å². The average molecular weight is 321 g/mol. The fraction of sp³-hybridized carbons (Fsp3) is 0.105. The fourth-order valence-corrected chi connectivity index (χ4v) is 2.55. The molecule has 0 saturated carbocycles. The van der Waals surface area contributed by atoms with Gasteiger partial charge in [-0.05, 0) is 30.7 Å². The lowest BCUT2D eigenvalue weighted by molar-refractivity contribution is -0.139. The summed E-state index contributed by atoms with van der Waals surface area (Å²) in [5.41, 5.74) is 1.42. The minimum atomic E-state index is -0.758. The molecule has 0 aromatic heterocycles. The molecule has 0 atom stereocenters. The molecule has 3 rings (SSSR count). The highest BCUT2D eigenvalue weighted by molar-refractivity contribution is 6.53. The first-order valence-corrected chi connectivity index (χ1v) is 7.55. The number of benzene rings is 2. The number of hydrogen-bond acceptors (Lipinski definition) is 4. The lowest BCUT2D eigenvalue weighted by atomic mass is 10.1. The zero-order valence-corrected chi connectivity index (χ0v) is 13.1. The summed E-state index contributed by atoms with van der Waals surface area (Å²) in [5, 5.41) is 0. The van der Waals surface area contributed by atoms with Crippen molar-refractivity contribution in [2.75, 3.05) is 11.5 Å². The Hall–Kier alpha value is -3.21. The van der Waals surface area contributed by atoms with Gasteiger partial charge in [-0.2, -0.15) is 0 Å². The molecule has 0 aliphatic carbocycles. The molecule has 1 aliphatic rings. The minimum Gasteiger partial charge on any atom is -0.461 e. The quantitative estimate of drug-likeness (QED) is 0.493. The number of carbonyl (C=O) groups excluding carboxylic acids is 3. The Bertz CT molecular complexity index is 839. The van der Waals surface area contributed by atoms with Crippen molar-refractivity contribution in [2.24, 2.45) is 0 Å². The maximum absolute atomic E-state index is 12.4. The molecular weight excluding hydrogens is 306 g/mol. The third kappa shape index (κ3) is 2.72. The molecule has 1 heterocycles. The number of hydrogen-bond donors (Lipinski definition) is 0. The Morgan fingerprint density at radius 2 is 1.71 bits per heavy atom. The number of carbonyl (C=O) groups is 3. The topological polar surface area (TPSA) is 63.7 Å². The van der Waals surface area contributed by atoms with Gasteiger partial charge in [-0.1, -0.05) is 42.5 Å². The SMILES string of the molecule is CCOC(=O)/C(=C/c1ccccc1)N1C(=O)C(=O)c2ccccc21. The second-order valence-electron chi connectivity index (χ2n) is 5.15. The molecule has 0 N–H and O–H groups in total. The molecule has 0 fully saturated rings. The molecule has 0 saturated heterocycles. The van der Waals surface area contributed by atoms with E-state index in [9.17, 15) is 14.4 Å². The molecule has 0 unspecified atom stereocenters. The molecule has 1 amide bonds. The van der Waals surface area contributed by atoms with Gasteiger partial charge in [0.05, 0.1) is 17.9 Å². The molecule has 5 heteroatoms. The van der Waals surface area contributed by atoms with Crippen LogP contribution >= 0.6 is 0 Å². The van der Waals surface area contributed by atoms with E-state index >= 15 is 0 Å². The van der Waals surface area contributed by atoms with Crippen LogP contribution in [0.5, 0.6) is 0 Å². The van der Waals surface area contributed by atoms with E-state index < -0.39 is 17.7 Å². The normalized spacial score (nSPS) is 13.9. The molecule has 2 aromatic rings. The standard InChI is InChI=1S/C19H15NO4/c1-2-24-19(23)16(12-13-8-4-3-5-9-13)20-15-11-7-6-10-14(15)17(21)18(20)22/h3-12H,2H2,1H3/b16-12-. The van der Waals surface area contributed by atoms with Gasteiger partial charge >= 0.3 is 11.9 Å². The fourth-order valence-electron chi connectivity index (χ4n) is 2.55. The van der Waals surface area contributed by atoms with Crippen molar-refractivity contribution < 1.29 is 19.1 Å². The maximum atomic E-state index is 12.4. The number of fused-ring (bicyclic) bond motifs is 1. The van der Waals surface area contributed by atoms with Gasteiger partial charge in [0.25, 0.3) is 5.78 Å². The van der Waals surface area contributed by atoms with Gasteiger partial charge in [0.2, 0.25) is 0 Å². The van der Waals surface area contributed by atoms with Crippen LogP contribution in [-0.4, -0.2) is 24.3 Å². The number of nitrogens with zero attached hydrogens (tertiary/aromatic N) is 1. The van der Waals surface area contributed by atoms with E-state index in [0.717, 1.165) is 10.5 Å². The predicted octanol–water partition coefficient (Wildman–Crippen LogP) is 2.82. The zero-order valence-electron chi connectivity index (χ0n) is 13.1. The van der Waals surface area contributed by atoms with Gasteiger partial charge < -0.3 is 4.74 Å². The summed E-state index contributed by atoms with van der Waals surface area (Å²) in [4.78, 5) is 38.1. The van der Waals surface area contributed by atoms with Crippen LogP contribution in [-0.2, 0) is 14.3 Å². The number of para-hydroxylation sites is 1. The van der Waals surface area contributed by atoms with Crippen molar-refractivity contribution in [3.05, 3.63) is 71.4 Å². The van der Waals surface area contributed by atoms with Crippen LogP contribution in [0.3, 0.4) is 0 Å². The van der Waals surface area contributed by atoms with Gasteiger partial charge in [0.15, 0.2) is 0 Å². The molecule has 0 radical (unpaired) electrons. The van der Waals surface area contributed by atoms with Crippen LogP contribution in [0.25, 0.3) is 6.08 Å². The number of esters is 1. The Labute approximate surface area is 139 Å². The molecule has 24 heavy (non-hydrogen) atoms. The van der Waals surface area contributed by atoms with Crippen LogP contribution in [0, 0.1) is 0 Å². The number of amides is 1. The van der Waals surface area contributed by atoms with Gasteiger partial charge in [0.1, 0.15) is 5.70 Å². The first-order valence-electron chi connectivity index (χ1n) is 7.55. The summed E-state index contributed by atoms with van der Waals surface area (Å²) >= 11 is 0. The van der Waals surface area contributed by atoms with Crippen LogP contribution in [0.15, 0.2) is 60.3 Å². The highest BCUT2D eigenvalue weighted by atomic mass is 16.5. The molecular formula is C19H15NO4. The van der Waals surface area contributed by atoms with Gasteiger partial charge in [-0.15, -0.1) is 0 Å². The van der Waals surface area contributed by atoms with E-state index in [1.54, 1.807) is 49.4 Å². The maximum Gasteiger partial charge on any atom is 0.355 e. The van der Waals surface area contributed by atoms with Crippen molar-refractivity contribution >= 4 is 29.4 Å². The van der Waals surface area contributed by atoms with Crippen LogP contribution in [0.4, 0.5) is 5.69 Å². The van der Waals surface area contributed by atoms with Crippen LogP contribution < -0.4 is 4.90 Å². The molecule has 0 spiro atoms. The number of Topliss-reactive ketones (excluding diaryl/α,β-unsaturated/α-hetero) is 1. The van der Waals surface area contributed by atoms with Crippen LogP contribution in [0.1, 0.15) is 22.8 Å². The highest BCUT2D eigenvalue weighted by Crippen LogP contribution is 2.32. The van der Waals surface area contributed by atoms with Crippen molar-refractivity contribution in [3.63, 3.8) is 0 Å². The Balaban J connectivity index is 2.13. The lowest BCUT2D eigenvalue weighted by Gasteiger charge is -2.19. The second-order valence-corrected chi connectivity index (χ2v) is 5.15. The average Bonchev–Trinajstić information content (AvgIpc) is 2.86. The van der Waals surface area contributed by atoms with Crippen LogP contribution in [0.2, 0.25) is 0 Å². The number of ether oxygens (including phenoxy) is 1. The van der Waals surface area contributed by atoms with Gasteiger partial charge in [-0.3, -0.25) is 14.5 Å². The van der Waals surface area contributed by atoms with E-state index in [1.807, 2.05) is 18.2 Å². The first kappa shape index (κ1) is 15.7. The molecule has 120 valence electrons. The number of ketones is 1. The Morgan fingerprint density at radius 3 is 2.42 bits per heavy atom. The summed E-state index contributed by atoms with van der Waals surface area (Å²) in [5.74, 6) is -2.04. The molecule has 0 bridgehead atoms. The highest BCUT2D eigenvalue weighted by Gasteiger charge is 2.39. The van der Waals surface area contributed by atoms with E-state index in [-0.39, 0.29) is 17.9 Å². The predicted molar refractivity (Wildman–Crippen MR) is 89.3 cm³/mol. The largest absolute Gasteiger partial charge is 0.461 e. The summed E-state index contributed by atoms with van der Waals surface area (Å²) in [6.45, 7) is 1.85. The summed E-state index contributed by atoms with van der Waals surface area (Å²) in [7, 11) is 0. The van der Waals surface area contributed by atoms with Crippen molar-refractivity contribution in [1.29, 1.82) is 0 Å². The third-order valence-electron chi connectivity index (χ3n) is 3.62. The molecule has 2 aromatic carbocycles. The van der Waals surface area contributed by atoms with Gasteiger partial charge in [0, 0.05) is 0 Å².